The monoisotopic (exact) mass is 1200 g/mol. The fourth-order valence-corrected chi connectivity index (χ4v) is 12.8. The Bertz CT molecular complexity index is 2700. The number of carbonyl (C=O) groups is 4. The van der Waals surface area contributed by atoms with Crippen LogP contribution in [0.2, 0.25) is 0 Å². The van der Waals surface area contributed by atoms with Gasteiger partial charge in [-0.3, -0.25) is 19.2 Å². The summed E-state index contributed by atoms with van der Waals surface area (Å²) in [7, 11) is 0. The summed E-state index contributed by atoms with van der Waals surface area (Å²) in [4.78, 5) is 54.9. The van der Waals surface area contributed by atoms with Crippen LogP contribution in [-0.4, -0.2) is 199 Å². The van der Waals surface area contributed by atoms with Gasteiger partial charge in [0, 0.05) is 62.3 Å². The molecule has 2 aromatic rings. The van der Waals surface area contributed by atoms with Gasteiger partial charge in [0.25, 0.3) is 0 Å². The van der Waals surface area contributed by atoms with Crippen LogP contribution in [0.25, 0.3) is 10.8 Å². The molecule has 24 nitrogen and oxygen atoms in total. The largest absolute Gasteiger partial charge is 0.507 e. The maximum Gasteiger partial charge on any atom is 0.306 e. The van der Waals surface area contributed by atoms with Crippen molar-refractivity contribution >= 4 is 34.3 Å². The number of aromatic hydroxyl groups is 2. The van der Waals surface area contributed by atoms with E-state index in [1.54, 1.807) is 41.5 Å². The van der Waals surface area contributed by atoms with Crippen LogP contribution in [0, 0.1) is 24.7 Å². The molecule has 24 heteroatoms. The Morgan fingerprint density at radius 1 is 0.694 bits per heavy atom. The van der Waals surface area contributed by atoms with Crippen LogP contribution in [0.1, 0.15) is 154 Å². The van der Waals surface area contributed by atoms with Crippen molar-refractivity contribution in [3.05, 3.63) is 28.8 Å². The van der Waals surface area contributed by atoms with E-state index in [2.05, 4.69) is 0 Å². The van der Waals surface area contributed by atoms with Crippen LogP contribution in [0.15, 0.2) is 12.1 Å². The van der Waals surface area contributed by atoms with Crippen LogP contribution in [0.3, 0.4) is 0 Å². The number of phenols is 2. The van der Waals surface area contributed by atoms with Gasteiger partial charge < -0.3 is 97.7 Å². The van der Waals surface area contributed by atoms with E-state index in [9.17, 15) is 55.2 Å². The molecule has 5 aliphatic heterocycles. The maximum atomic E-state index is 15.2. The lowest BCUT2D eigenvalue weighted by molar-refractivity contribution is -0.301. The fourth-order valence-electron chi connectivity index (χ4n) is 12.8. The number of ketones is 2. The first-order chi connectivity index (χ1) is 40.2. The van der Waals surface area contributed by atoms with Crippen LogP contribution in [-0.2, 0) is 72.9 Å². The van der Waals surface area contributed by atoms with Gasteiger partial charge in [-0.1, -0.05) is 20.8 Å². The molecule has 5 heterocycles. The molecule has 85 heavy (non-hydrogen) atoms. The number of hydrogen-bond donors (Lipinski definition) is 8. The summed E-state index contributed by atoms with van der Waals surface area (Å²) in [6.45, 7) is 16.3. The van der Waals surface area contributed by atoms with Gasteiger partial charge in [0.1, 0.15) is 66.1 Å². The van der Waals surface area contributed by atoms with E-state index >= 15 is 4.79 Å². The van der Waals surface area contributed by atoms with Crippen LogP contribution in [0.5, 0.6) is 17.2 Å². The molecule has 2 aliphatic carbocycles. The number of Topliss-reactive ketones (excluding diaryl/α,β-unsaturated/α-hetero) is 2. The third kappa shape index (κ3) is 14.3. The van der Waals surface area contributed by atoms with Crippen molar-refractivity contribution in [1.29, 1.82) is 0 Å². The molecule has 8 N–H and O–H groups in total. The van der Waals surface area contributed by atoms with Gasteiger partial charge in [-0.05, 0) is 104 Å². The number of hydrogen-bond acceptors (Lipinski definition) is 24. The Morgan fingerprint density at radius 2 is 1.27 bits per heavy atom. The summed E-state index contributed by atoms with van der Waals surface area (Å²) in [5, 5.41) is 91.0. The molecule has 5 saturated heterocycles. The molecule has 1 saturated carbocycles. The second-order valence-electron chi connectivity index (χ2n) is 24.9. The molecule has 0 aromatic heterocycles. The van der Waals surface area contributed by atoms with Gasteiger partial charge in [0.05, 0.1) is 71.3 Å². The predicted molar refractivity (Wildman–Crippen MR) is 296 cm³/mol. The standard InChI is InChI=1S/C61H88O24/c1-11-13-42(62)74-27(5)25(3)52(65)56(69)35-18-32-17-33-19-37(81-45-23-41(55(68)30(8)76-45)84-46-22-40(54(67)29(7)77-46)79-43(63)14-12-2)26(4)51(64)49(33)57(70)50(32)58(71)59(35)85-44-16-15-36(53(66)28(6)75-44)80-47-21-39(34-20-38(34)82-47)83-48-24-61(10,73)60(72)31(9)78-48/h17,19,25,27-31,34-36,38-41,44-48,52-55,59-60,64-68,70,72-73H,11-16,18,20-24H2,1-10H3. The summed E-state index contributed by atoms with van der Waals surface area (Å²) >= 11 is 0. The molecule has 0 radical (unpaired) electrons. The van der Waals surface area contributed by atoms with Gasteiger partial charge in [0.2, 0.25) is 6.29 Å². The lowest BCUT2D eigenvalue weighted by Crippen LogP contribution is -2.56. The fraction of sp³-hybridized carbons (Fsp3) is 0.770. The van der Waals surface area contributed by atoms with E-state index in [4.69, 9.17) is 56.8 Å². The Morgan fingerprint density at radius 3 is 1.95 bits per heavy atom. The molecule has 6 fully saturated rings. The van der Waals surface area contributed by atoms with Crippen molar-refractivity contribution in [1.82, 2.24) is 0 Å². The summed E-state index contributed by atoms with van der Waals surface area (Å²) in [6, 6.07) is 3.05. The Balaban J connectivity index is 0.938. The summed E-state index contributed by atoms with van der Waals surface area (Å²) < 4.78 is 73.5. The Kier molecular flexibility index (Phi) is 20.6. The first-order valence-corrected chi connectivity index (χ1v) is 30.3. The lowest BCUT2D eigenvalue weighted by Gasteiger charge is -2.43. The van der Waals surface area contributed by atoms with Crippen molar-refractivity contribution in [3.63, 3.8) is 0 Å². The van der Waals surface area contributed by atoms with E-state index in [1.807, 2.05) is 13.8 Å². The number of aliphatic hydroxyl groups excluding tert-OH is 5. The minimum absolute atomic E-state index is 0.00782. The van der Waals surface area contributed by atoms with E-state index in [0.717, 1.165) is 0 Å². The molecular formula is C61H88O24. The van der Waals surface area contributed by atoms with Gasteiger partial charge >= 0.3 is 11.9 Å². The number of esters is 2. The van der Waals surface area contributed by atoms with Gasteiger partial charge in [-0.25, -0.2) is 0 Å². The minimum Gasteiger partial charge on any atom is -0.507 e. The summed E-state index contributed by atoms with van der Waals surface area (Å²) in [6.07, 6.45) is -18.2. The van der Waals surface area contributed by atoms with E-state index < -0.39 is 169 Å². The molecule has 0 spiro atoms. The average Bonchev–Trinajstić information content (AvgIpc) is 1.61. The van der Waals surface area contributed by atoms with Gasteiger partial charge in [-0.2, -0.15) is 0 Å². The Hall–Kier alpha value is -4.22. The molecule has 9 rings (SSSR count). The normalized spacial score (nSPS) is 39.6. The molecule has 0 bridgehead atoms. The van der Waals surface area contributed by atoms with Crippen LogP contribution in [0.4, 0.5) is 0 Å². The number of benzene rings is 2. The SMILES string of the molecule is CCCC(=O)OC(C)C(C)C(O)C(=O)C1Cc2cc3cc(OC4CC(OC5CC(OC(=O)CCC)C(O)C(C)O5)C(O)C(C)O4)c(C)c(O)c3c(O)c2C(=O)C1OC1CCC(OC2CC(OC3CC(C)(O)C(O)C(C)O3)C3CC3O2)C(O)C(C)O1. The molecule has 2 aromatic carbocycles. The highest BCUT2D eigenvalue weighted by atomic mass is 16.7. The first kappa shape index (κ1) is 65.2. The van der Waals surface area contributed by atoms with Crippen LogP contribution < -0.4 is 4.74 Å². The topological polar surface area (TPSA) is 341 Å². The first-order valence-electron chi connectivity index (χ1n) is 30.3. The van der Waals surface area contributed by atoms with E-state index in [-0.39, 0.29) is 109 Å². The molecular weight excluding hydrogens is 1120 g/mol. The van der Waals surface area contributed by atoms with Crippen molar-refractivity contribution in [2.24, 2.45) is 17.8 Å². The maximum absolute atomic E-state index is 15.2. The van der Waals surface area contributed by atoms with E-state index in [0.29, 0.717) is 19.3 Å². The minimum atomic E-state index is -1.78. The number of carbonyl (C=O) groups excluding carboxylic acids is 4. The van der Waals surface area contributed by atoms with Crippen molar-refractivity contribution in [3.8, 4) is 17.2 Å². The zero-order valence-corrected chi connectivity index (χ0v) is 50.1. The molecule has 476 valence electrons. The number of fused-ring (bicyclic) bond motifs is 3. The second kappa shape index (κ2) is 26.9. The highest BCUT2D eigenvalue weighted by Crippen LogP contribution is 2.49. The third-order valence-corrected chi connectivity index (χ3v) is 18.2. The number of aliphatic hydroxyl groups is 6. The highest BCUT2D eigenvalue weighted by molar-refractivity contribution is 6.13. The van der Waals surface area contributed by atoms with Crippen LogP contribution >= 0.6 is 0 Å². The van der Waals surface area contributed by atoms with Gasteiger partial charge in [-0.15, -0.1) is 0 Å². The summed E-state index contributed by atoms with van der Waals surface area (Å²) in [5.41, 5.74) is -1.35. The third-order valence-electron chi connectivity index (χ3n) is 18.2. The van der Waals surface area contributed by atoms with Crippen molar-refractivity contribution < 1.29 is 117 Å². The van der Waals surface area contributed by atoms with Gasteiger partial charge in [0.15, 0.2) is 36.7 Å². The highest BCUT2D eigenvalue weighted by Gasteiger charge is 2.55. The lowest BCUT2D eigenvalue weighted by atomic mass is 9.74. The number of ether oxygens (including phenoxy) is 12. The predicted octanol–water partition coefficient (Wildman–Crippen LogP) is 4.10. The zero-order chi connectivity index (χ0) is 61.7. The average molecular weight is 1210 g/mol. The Labute approximate surface area is 494 Å². The zero-order valence-electron chi connectivity index (χ0n) is 50.1. The molecule has 25 unspecified atom stereocenters. The molecule has 0 amide bonds. The smallest absolute Gasteiger partial charge is 0.306 e. The second-order valence-corrected chi connectivity index (χ2v) is 24.9. The molecule has 25 atom stereocenters. The van der Waals surface area contributed by atoms with Crippen molar-refractivity contribution in [2.75, 3.05) is 0 Å². The number of rotatable bonds is 20. The summed E-state index contributed by atoms with van der Waals surface area (Å²) in [5.74, 6) is -5.92. The quantitative estimate of drug-likeness (QED) is 0.0865. The van der Waals surface area contributed by atoms with Crippen molar-refractivity contribution in [2.45, 2.75) is 281 Å². The molecule has 7 aliphatic rings. The van der Waals surface area contributed by atoms with E-state index in [1.165, 1.54) is 26.0 Å². The number of phenolic OH excluding ortho intramolecular Hbond substituents is 2.